The molecule has 1 aromatic rings. The molecule has 112 valence electrons. The summed E-state index contributed by atoms with van der Waals surface area (Å²) in [5, 5.41) is 10.9. The van der Waals surface area contributed by atoms with Crippen LogP contribution < -0.4 is 9.47 Å². The van der Waals surface area contributed by atoms with Gasteiger partial charge in [0.05, 0.1) is 20.3 Å². The van der Waals surface area contributed by atoms with Gasteiger partial charge in [-0.05, 0) is 48.4 Å². The second kappa shape index (κ2) is 6.04. The summed E-state index contributed by atoms with van der Waals surface area (Å²) in [4.78, 5) is 0. The van der Waals surface area contributed by atoms with E-state index in [4.69, 9.17) is 9.47 Å². The van der Waals surface area contributed by atoms with Crippen molar-refractivity contribution in [3.63, 3.8) is 0 Å². The first-order valence-corrected chi connectivity index (χ1v) is 7.42. The highest BCUT2D eigenvalue weighted by Gasteiger charge is 2.36. The molecule has 1 aliphatic rings. The highest BCUT2D eigenvalue weighted by molar-refractivity contribution is 5.48. The van der Waals surface area contributed by atoms with Crippen LogP contribution in [0.2, 0.25) is 0 Å². The van der Waals surface area contributed by atoms with Crippen molar-refractivity contribution >= 4 is 0 Å². The van der Waals surface area contributed by atoms with Gasteiger partial charge in [0.1, 0.15) is 0 Å². The lowest BCUT2D eigenvalue weighted by Gasteiger charge is -2.38. The lowest BCUT2D eigenvalue weighted by atomic mass is 9.69. The molecule has 3 nitrogen and oxygen atoms in total. The first kappa shape index (κ1) is 15.2. The molecule has 1 saturated carbocycles. The molecule has 0 spiro atoms. The number of benzene rings is 1. The minimum Gasteiger partial charge on any atom is -0.493 e. The molecule has 0 aromatic heterocycles. The van der Waals surface area contributed by atoms with Gasteiger partial charge in [-0.1, -0.05) is 26.2 Å². The van der Waals surface area contributed by atoms with Crippen molar-refractivity contribution in [1.29, 1.82) is 0 Å². The minimum atomic E-state index is -0.442. The van der Waals surface area contributed by atoms with E-state index < -0.39 is 6.10 Å². The first-order chi connectivity index (χ1) is 9.51. The van der Waals surface area contributed by atoms with Gasteiger partial charge in [0.25, 0.3) is 0 Å². The maximum atomic E-state index is 10.9. The quantitative estimate of drug-likeness (QED) is 0.904. The van der Waals surface area contributed by atoms with Crippen LogP contribution in [-0.4, -0.2) is 19.3 Å². The van der Waals surface area contributed by atoms with Crippen molar-refractivity contribution in [2.45, 2.75) is 52.1 Å². The van der Waals surface area contributed by atoms with Crippen LogP contribution in [0.25, 0.3) is 0 Å². The zero-order valence-electron chi connectivity index (χ0n) is 13.0. The Labute approximate surface area is 121 Å². The largest absolute Gasteiger partial charge is 0.493 e. The van der Waals surface area contributed by atoms with Gasteiger partial charge >= 0.3 is 0 Å². The average molecular weight is 278 g/mol. The van der Waals surface area contributed by atoms with Gasteiger partial charge in [0.15, 0.2) is 11.5 Å². The molecule has 1 fully saturated rings. The van der Waals surface area contributed by atoms with E-state index in [-0.39, 0.29) is 5.41 Å². The van der Waals surface area contributed by atoms with Crippen LogP contribution in [0.3, 0.4) is 0 Å². The maximum Gasteiger partial charge on any atom is 0.161 e. The Morgan fingerprint density at radius 1 is 1.05 bits per heavy atom. The highest BCUT2D eigenvalue weighted by Crippen LogP contribution is 2.47. The fraction of sp³-hybridized carbons (Fsp3) is 0.647. The Kier molecular flexibility index (Phi) is 4.59. The van der Waals surface area contributed by atoms with E-state index >= 15 is 0 Å². The van der Waals surface area contributed by atoms with Crippen LogP contribution >= 0.6 is 0 Å². The Hall–Kier alpha value is -1.22. The summed E-state index contributed by atoms with van der Waals surface area (Å²) < 4.78 is 10.7. The van der Waals surface area contributed by atoms with Crippen LogP contribution in [0.5, 0.6) is 11.5 Å². The third-order valence-electron chi connectivity index (χ3n) is 4.72. The Morgan fingerprint density at radius 2 is 1.60 bits per heavy atom. The van der Waals surface area contributed by atoms with Gasteiger partial charge in [-0.3, -0.25) is 0 Å². The minimum absolute atomic E-state index is 0.0252. The van der Waals surface area contributed by atoms with Crippen LogP contribution in [0, 0.1) is 12.3 Å². The van der Waals surface area contributed by atoms with Crippen molar-refractivity contribution in [2.24, 2.45) is 5.41 Å². The third-order valence-corrected chi connectivity index (χ3v) is 4.72. The fourth-order valence-electron chi connectivity index (χ4n) is 3.30. The number of aliphatic hydroxyl groups excluding tert-OH is 1. The van der Waals surface area contributed by atoms with E-state index in [1.807, 2.05) is 19.1 Å². The number of aliphatic hydroxyl groups is 1. The lowest BCUT2D eigenvalue weighted by molar-refractivity contribution is 0.00762. The number of ether oxygens (including phenoxy) is 2. The highest BCUT2D eigenvalue weighted by atomic mass is 16.5. The molecule has 1 aliphatic carbocycles. The summed E-state index contributed by atoms with van der Waals surface area (Å²) in [5.41, 5.74) is 2.00. The molecule has 0 heterocycles. The maximum absolute atomic E-state index is 10.9. The standard InChI is InChI=1S/C17H26O3/c1-12-10-14(19-3)15(20-4)11-13(12)16(18)17(2)8-6-5-7-9-17/h10-11,16,18H,5-9H2,1-4H3. The summed E-state index contributed by atoms with van der Waals surface area (Å²) in [6.45, 7) is 4.22. The molecule has 3 heteroatoms. The number of methoxy groups -OCH3 is 2. The van der Waals surface area contributed by atoms with Crippen molar-refractivity contribution in [2.75, 3.05) is 14.2 Å². The molecule has 2 rings (SSSR count). The molecule has 0 bridgehead atoms. The normalized spacial score (nSPS) is 19.4. The van der Waals surface area contributed by atoms with Crippen LogP contribution in [0.1, 0.15) is 56.3 Å². The number of aryl methyl sites for hydroxylation is 1. The third kappa shape index (κ3) is 2.78. The summed E-state index contributed by atoms with van der Waals surface area (Å²) >= 11 is 0. The molecule has 1 aromatic carbocycles. The number of hydrogen-bond acceptors (Lipinski definition) is 3. The molecule has 1 N–H and O–H groups in total. The second-order valence-corrected chi connectivity index (χ2v) is 6.18. The predicted octanol–water partition coefficient (Wildman–Crippen LogP) is 4.02. The molecule has 20 heavy (non-hydrogen) atoms. The number of hydrogen-bond donors (Lipinski definition) is 1. The summed E-state index contributed by atoms with van der Waals surface area (Å²) in [6, 6.07) is 3.88. The zero-order chi connectivity index (χ0) is 14.8. The van der Waals surface area contributed by atoms with Crippen molar-refractivity contribution in [3.05, 3.63) is 23.3 Å². The van der Waals surface area contributed by atoms with Gasteiger partial charge in [-0.25, -0.2) is 0 Å². The van der Waals surface area contributed by atoms with Crippen molar-refractivity contribution in [1.82, 2.24) is 0 Å². The molecule has 0 amide bonds. The summed E-state index contributed by atoms with van der Waals surface area (Å²) in [6.07, 6.45) is 5.43. The van der Waals surface area contributed by atoms with Crippen molar-refractivity contribution < 1.29 is 14.6 Å². The van der Waals surface area contributed by atoms with E-state index in [1.165, 1.54) is 19.3 Å². The Balaban J connectivity index is 2.36. The van der Waals surface area contributed by atoms with E-state index in [0.717, 1.165) is 29.7 Å². The fourth-order valence-corrected chi connectivity index (χ4v) is 3.30. The van der Waals surface area contributed by atoms with Gasteiger partial charge in [0, 0.05) is 0 Å². The van der Waals surface area contributed by atoms with Gasteiger partial charge in [-0.2, -0.15) is 0 Å². The molecule has 1 atom stereocenters. The second-order valence-electron chi connectivity index (χ2n) is 6.18. The monoisotopic (exact) mass is 278 g/mol. The van der Waals surface area contributed by atoms with E-state index in [9.17, 15) is 5.11 Å². The van der Waals surface area contributed by atoms with Crippen LogP contribution in [0.4, 0.5) is 0 Å². The molecule has 1 unspecified atom stereocenters. The summed E-state index contributed by atoms with van der Waals surface area (Å²) in [5.74, 6) is 1.40. The Bertz CT molecular complexity index is 462. The molecule has 0 aliphatic heterocycles. The van der Waals surface area contributed by atoms with Crippen LogP contribution in [-0.2, 0) is 0 Å². The molecular formula is C17H26O3. The van der Waals surface area contributed by atoms with E-state index in [1.54, 1.807) is 14.2 Å². The summed E-state index contributed by atoms with van der Waals surface area (Å²) in [7, 11) is 3.27. The average Bonchev–Trinajstić information content (AvgIpc) is 2.47. The van der Waals surface area contributed by atoms with Gasteiger partial charge in [-0.15, -0.1) is 0 Å². The van der Waals surface area contributed by atoms with E-state index in [2.05, 4.69) is 6.92 Å². The van der Waals surface area contributed by atoms with Crippen molar-refractivity contribution in [3.8, 4) is 11.5 Å². The predicted molar refractivity (Wildman–Crippen MR) is 80.4 cm³/mol. The lowest BCUT2D eigenvalue weighted by Crippen LogP contribution is -2.28. The number of rotatable bonds is 4. The van der Waals surface area contributed by atoms with E-state index in [0.29, 0.717) is 5.75 Å². The smallest absolute Gasteiger partial charge is 0.161 e. The SMILES string of the molecule is COc1cc(C)c(C(O)C2(C)CCCCC2)cc1OC. The first-order valence-electron chi connectivity index (χ1n) is 7.42. The molecule has 0 radical (unpaired) electrons. The molecular weight excluding hydrogens is 252 g/mol. The Morgan fingerprint density at radius 3 is 2.15 bits per heavy atom. The topological polar surface area (TPSA) is 38.7 Å². The molecule has 0 saturated heterocycles. The van der Waals surface area contributed by atoms with Gasteiger partial charge < -0.3 is 14.6 Å². The zero-order valence-corrected chi connectivity index (χ0v) is 13.0. The van der Waals surface area contributed by atoms with Crippen LogP contribution in [0.15, 0.2) is 12.1 Å². The van der Waals surface area contributed by atoms with Gasteiger partial charge in [0.2, 0.25) is 0 Å².